The van der Waals surface area contributed by atoms with E-state index in [1.165, 1.54) is 7.11 Å². The maximum absolute atomic E-state index is 12.3. The molecule has 0 aromatic carbocycles. The topological polar surface area (TPSA) is 118 Å². The molecule has 3 N–H and O–H groups in total. The molecule has 27 heavy (non-hydrogen) atoms. The Bertz CT molecular complexity index is 705. The summed E-state index contributed by atoms with van der Waals surface area (Å²) in [6.45, 7) is 4.84. The molecule has 2 aliphatic heterocycles. The van der Waals surface area contributed by atoms with Crippen LogP contribution in [0.15, 0.2) is 6.20 Å². The molecule has 2 aliphatic rings. The Morgan fingerprint density at radius 1 is 1.33 bits per heavy atom. The Labute approximate surface area is 160 Å². The van der Waals surface area contributed by atoms with Gasteiger partial charge in [0.05, 0.1) is 19.1 Å². The van der Waals surface area contributed by atoms with Gasteiger partial charge in [-0.3, -0.25) is 0 Å². The molecule has 11 heteroatoms. The first-order chi connectivity index (χ1) is 13.1. The molecule has 1 aromatic rings. The summed E-state index contributed by atoms with van der Waals surface area (Å²) in [6.07, 6.45) is 3.03. The number of hydrogen-bond donors (Lipinski definition) is 3. The molecule has 3 rings (SSSR count). The lowest BCUT2D eigenvalue weighted by Crippen LogP contribution is -2.44. The molecule has 0 bridgehead atoms. The third-order valence-electron chi connectivity index (χ3n) is 4.59. The summed E-state index contributed by atoms with van der Waals surface area (Å²) < 4.78 is 37.9. The van der Waals surface area contributed by atoms with Crippen LogP contribution in [0.2, 0.25) is 0 Å². The quantitative estimate of drug-likeness (QED) is 0.526. The van der Waals surface area contributed by atoms with Gasteiger partial charge >= 0.3 is 0 Å². The second-order valence-electron chi connectivity index (χ2n) is 6.57. The number of nitrogens with zero attached hydrogens (tertiary/aromatic N) is 3. The zero-order chi connectivity index (χ0) is 19.1. The molecule has 152 valence electrons. The predicted molar refractivity (Wildman–Crippen MR) is 103 cm³/mol. The van der Waals surface area contributed by atoms with Gasteiger partial charge in [0.1, 0.15) is 0 Å². The Kier molecular flexibility index (Phi) is 7.05. The van der Waals surface area contributed by atoms with Gasteiger partial charge in [0.2, 0.25) is 16.0 Å². The molecule has 1 aromatic heterocycles. The van der Waals surface area contributed by atoms with Gasteiger partial charge in [-0.15, -0.1) is 0 Å². The second-order valence-corrected chi connectivity index (χ2v) is 8.45. The van der Waals surface area contributed by atoms with Crippen molar-refractivity contribution < 1.29 is 17.9 Å². The fourth-order valence-electron chi connectivity index (χ4n) is 3.09. The first-order valence-electron chi connectivity index (χ1n) is 9.26. The van der Waals surface area contributed by atoms with Crippen LogP contribution in [0.25, 0.3) is 0 Å². The van der Waals surface area contributed by atoms with Crippen LogP contribution < -0.4 is 25.0 Å². The first kappa shape index (κ1) is 20.1. The number of nitrogens with one attached hydrogen (secondary N) is 3. The fourth-order valence-corrected chi connectivity index (χ4v) is 4.32. The number of anilines is 2. The number of piperazine rings is 1. The van der Waals surface area contributed by atoms with Gasteiger partial charge < -0.3 is 25.0 Å². The largest absolute Gasteiger partial charge is 0.491 e. The van der Waals surface area contributed by atoms with E-state index in [0.29, 0.717) is 43.6 Å². The number of methoxy groups -OCH3 is 1. The van der Waals surface area contributed by atoms with Crippen molar-refractivity contribution in [3.63, 3.8) is 0 Å². The van der Waals surface area contributed by atoms with Crippen LogP contribution in [0.5, 0.6) is 5.75 Å². The predicted octanol–water partition coefficient (Wildman–Crippen LogP) is -0.595. The fraction of sp³-hybridized carbons (Fsp3) is 0.750. The average molecular weight is 401 g/mol. The molecule has 0 saturated carbocycles. The second kappa shape index (κ2) is 9.49. The molecule has 3 heterocycles. The Morgan fingerprint density at radius 2 is 2.07 bits per heavy atom. The van der Waals surface area contributed by atoms with Gasteiger partial charge in [-0.25, -0.2) is 18.1 Å². The van der Waals surface area contributed by atoms with Crippen LogP contribution in [0.4, 0.5) is 11.8 Å². The lowest BCUT2D eigenvalue weighted by atomic mass is 10.1. The zero-order valence-corrected chi connectivity index (χ0v) is 16.4. The van der Waals surface area contributed by atoms with Crippen molar-refractivity contribution in [1.82, 2.24) is 20.0 Å². The van der Waals surface area contributed by atoms with Crippen LogP contribution in [0.3, 0.4) is 0 Å². The van der Waals surface area contributed by atoms with Gasteiger partial charge in [-0.1, -0.05) is 0 Å². The van der Waals surface area contributed by atoms with E-state index in [4.69, 9.17) is 9.47 Å². The average Bonchev–Trinajstić information content (AvgIpc) is 2.69. The molecule has 0 aliphatic carbocycles. The van der Waals surface area contributed by atoms with Crippen LogP contribution in [0, 0.1) is 0 Å². The van der Waals surface area contributed by atoms with Crippen LogP contribution in [-0.2, 0) is 14.8 Å². The van der Waals surface area contributed by atoms with E-state index in [0.717, 1.165) is 26.2 Å². The standard InChI is InChI=1S/C16H28N6O4S/c1-25-14-12-19-16(22-7-4-17-5-8-22)20-15(14)18-6-11-27(23,24)21-13-2-9-26-10-3-13/h12-13,17,21H,2-11H2,1H3,(H,18,19,20). The summed E-state index contributed by atoms with van der Waals surface area (Å²) >= 11 is 0. The van der Waals surface area contributed by atoms with Crippen molar-refractivity contribution in [2.24, 2.45) is 0 Å². The third-order valence-corrected chi connectivity index (χ3v) is 6.03. The molecule has 0 spiro atoms. The highest BCUT2D eigenvalue weighted by Gasteiger charge is 2.21. The van der Waals surface area contributed by atoms with E-state index in [2.05, 4.69) is 30.2 Å². The molecule has 2 fully saturated rings. The highest BCUT2D eigenvalue weighted by Crippen LogP contribution is 2.23. The van der Waals surface area contributed by atoms with Gasteiger partial charge in [0.15, 0.2) is 11.6 Å². The highest BCUT2D eigenvalue weighted by atomic mass is 32.2. The highest BCUT2D eigenvalue weighted by molar-refractivity contribution is 7.89. The van der Waals surface area contributed by atoms with Crippen molar-refractivity contribution >= 4 is 21.8 Å². The monoisotopic (exact) mass is 400 g/mol. The van der Waals surface area contributed by atoms with Crippen molar-refractivity contribution in [3.8, 4) is 5.75 Å². The van der Waals surface area contributed by atoms with E-state index in [1.54, 1.807) is 6.20 Å². The number of aromatic nitrogens is 2. The minimum Gasteiger partial charge on any atom is -0.491 e. The molecular weight excluding hydrogens is 372 g/mol. The number of sulfonamides is 1. The summed E-state index contributed by atoms with van der Waals surface area (Å²) in [5, 5.41) is 6.36. The summed E-state index contributed by atoms with van der Waals surface area (Å²) in [5.41, 5.74) is 0. The van der Waals surface area contributed by atoms with Crippen molar-refractivity contribution in [3.05, 3.63) is 6.20 Å². The van der Waals surface area contributed by atoms with Gasteiger partial charge in [0, 0.05) is 52.0 Å². The number of rotatable bonds is 8. The minimum absolute atomic E-state index is 0.0412. The van der Waals surface area contributed by atoms with E-state index in [1.807, 2.05) is 0 Å². The van der Waals surface area contributed by atoms with Gasteiger partial charge in [0.25, 0.3) is 0 Å². The molecule has 0 radical (unpaired) electrons. The number of hydrogen-bond acceptors (Lipinski definition) is 9. The molecule has 0 unspecified atom stereocenters. The maximum atomic E-state index is 12.3. The maximum Gasteiger partial charge on any atom is 0.227 e. The lowest BCUT2D eigenvalue weighted by Gasteiger charge is -2.27. The first-order valence-corrected chi connectivity index (χ1v) is 10.9. The van der Waals surface area contributed by atoms with Crippen molar-refractivity contribution in [2.45, 2.75) is 18.9 Å². The summed E-state index contributed by atoms with van der Waals surface area (Å²) in [5.74, 6) is 1.56. The smallest absolute Gasteiger partial charge is 0.227 e. The Hall–Kier alpha value is -1.69. The van der Waals surface area contributed by atoms with Gasteiger partial charge in [-0.05, 0) is 12.8 Å². The minimum atomic E-state index is -3.37. The van der Waals surface area contributed by atoms with Crippen LogP contribution in [0.1, 0.15) is 12.8 Å². The van der Waals surface area contributed by atoms with E-state index in [-0.39, 0.29) is 18.3 Å². The lowest BCUT2D eigenvalue weighted by molar-refractivity contribution is 0.0832. The van der Waals surface area contributed by atoms with Crippen molar-refractivity contribution in [1.29, 1.82) is 0 Å². The SMILES string of the molecule is COc1cnc(N2CCNCC2)nc1NCCS(=O)(=O)NC1CCOCC1. The van der Waals surface area contributed by atoms with Crippen molar-refractivity contribution in [2.75, 3.05) is 69.0 Å². The Balaban J connectivity index is 1.57. The summed E-state index contributed by atoms with van der Waals surface area (Å²) in [6, 6.07) is -0.0448. The van der Waals surface area contributed by atoms with E-state index < -0.39 is 10.0 Å². The normalized spacial score (nSPS) is 19.1. The third kappa shape index (κ3) is 5.89. The van der Waals surface area contributed by atoms with Crippen LogP contribution in [-0.4, -0.2) is 83.2 Å². The molecular formula is C16H28N6O4S. The van der Waals surface area contributed by atoms with E-state index >= 15 is 0 Å². The molecule has 0 atom stereocenters. The zero-order valence-electron chi connectivity index (χ0n) is 15.6. The Morgan fingerprint density at radius 3 is 2.78 bits per heavy atom. The molecule has 2 saturated heterocycles. The summed E-state index contributed by atoms with van der Waals surface area (Å²) in [7, 11) is -1.83. The number of ether oxygens (including phenoxy) is 2. The molecule has 10 nitrogen and oxygen atoms in total. The van der Waals surface area contributed by atoms with Gasteiger partial charge in [-0.2, -0.15) is 4.98 Å². The molecule has 0 amide bonds. The van der Waals surface area contributed by atoms with E-state index in [9.17, 15) is 8.42 Å². The summed E-state index contributed by atoms with van der Waals surface area (Å²) in [4.78, 5) is 11.0. The van der Waals surface area contributed by atoms with Crippen LogP contribution >= 0.6 is 0 Å².